The molecule has 0 aromatic heterocycles. The SMILES string of the molecule is Oc1[c]cc(O)c2c1ccc1ccccc12. The Morgan fingerprint density at radius 3 is 2.56 bits per heavy atom. The van der Waals surface area contributed by atoms with Gasteiger partial charge in [0.15, 0.2) is 0 Å². The van der Waals surface area contributed by atoms with Crippen LogP contribution in [0.4, 0.5) is 0 Å². The van der Waals surface area contributed by atoms with Crippen molar-refractivity contribution >= 4 is 21.5 Å². The maximum absolute atomic E-state index is 9.85. The monoisotopic (exact) mass is 209 g/mol. The van der Waals surface area contributed by atoms with Gasteiger partial charge in [-0.2, -0.15) is 0 Å². The molecule has 3 rings (SSSR count). The maximum atomic E-state index is 9.85. The van der Waals surface area contributed by atoms with Gasteiger partial charge in [0.1, 0.15) is 11.5 Å². The molecule has 3 aromatic rings. The van der Waals surface area contributed by atoms with Crippen LogP contribution in [-0.4, -0.2) is 10.2 Å². The molecule has 0 aliphatic heterocycles. The molecular weight excluding hydrogens is 200 g/mol. The predicted octanol–water partition coefficient (Wildman–Crippen LogP) is 3.20. The van der Waals surface area contributed by atoms with Crippen LogP contribution in [0.2, 0.25) is 0 Å². The Labute approximate surface area is 92.4 Å². The Kier molecular flexibility index (Phi) is 1.77. The number of aromatic hydroxyl groups is 2. The summed E-state index contributed by atoms with van der Waals surface area (Å²) in [5.41, 5.74) is 0. The number of fused-ring (bicyclic) bond motifs is 3. The van der Waals surface area contributed by atoms with E-state index in [2.05, 4.69) is 6.07 Å². The van der Waals surface area contributed by atoms with Crippen molar-refractivity contribution in [3.63, 3.8) is 0 Å². The predicted molar refractivity (Wildman–Crippen MR) is 63.6 cm³/mol. The van der Waals surface area contributed by atoms with Gasteiger partial charge in [-0.3, -0.25) is 0 Å². The van der Waals surface area contributed by atoms with Crippen LogP contribution in [0.3, 0.4) is 0 Å². The van der Waals surface area contributed by atoms with Gasteiger partial charge in [-0.05, 0) is 22.9 Å². The Bertz CT molecular complexity index is 687. The first-order chi connectivity index (χ1) is 7.77. The van der Waals surface area contributed by atoms with Crippen LogP contribution in [0.15, 0.2) is 42.5 Å². The fraction of sp³-hybridized carbons (Fsp3) is 0. The van der Waals surface area contributed by atoms with Crippen molar-refractivity contribution in [2.75, 3.05) is 0 Å². The number of rotatable bonds is 0. The average molecular weight is 209 g/mol. The van der Waals surface area contributed by atoms with Crippen molar-refractivity contribution in [1.82, 2.24) is 0 Å². The van der Waals surface area contributed by atoms with E-state index in [9.17, 15) is 10.2 Å². The van der Waals surface area contributed by atoms with Crippen LogP contribution in [0, 0.1) is 6.07 Å². The van der Waals surface area contributed by atoms with E-state index in [0.29, 0.717) is 10.8 Å². The number of hydrogen-bond acceptors (Lipinski definition) is 2. The summed E-state index contributed by atoms with van der Waals surface area (Å²) in [7, 11) is 0. The Morgan fingerprint density at radius 1 is 0.875 bits per heavy atom. The summed E-state index contributed by atoms with van der Waals surface area (Å²) >= 11 is 0. The maximum Gasteiger partial charge on any atom is 0.131 e. The minimum absolute atomic E-state index is 0.0681. The highest BCUT2D eigenvalue weighted by atomic mass is 16.3. The number of phenols is 2. The highest BCUT2D eigenvalue weighted by molar-refractivity contribution is 6.12. The summed E-state index contributed by atoms with van der Waals surface area (Å²) < 4.78 is 0. The van der Waals surface area contributed by atoms with Gasteiger partial charge in [-0.25, -0.2) is 0 Å². The van der Waals surface area contributed by atoms with E-state index in [0.717, 1.165) is 10.8 Å². The molecule has 0 saturated heterocycles. The van der Waals surface area contributed by atoms with Crippen LogP contribution in [0.1, 0.15) is 0 Å². The largest absolute Gasteiger partial charge is 0.507 e. The van der Waals surface area contributed by atoms with Crippen LogP contribution < -0.4 is 0 Å². The molecule has 0 atom stereocenters. The second kappa shape index (κ2) is 3.14. The highest BCUT2D eigenvalue weighted by Gasteiger charge is 2.07. The molecule has 0 aliphatic rings. The van der Waals surface area contributed by atoms with Crippen LogP contribution >= 0.6 is 0 Å². The third-order valence-electron chi connectivity index (χ3n) is 2.79. The third kappa shape index (κ3) is 1.13. The molecule has 2 N–H and O–H groups in total. The number of benzene rings is 3. The molecule has 77 valence electrons. The van der Waals surface area contributed by atoms with Crippen molar-refractivity contribution < 1.29 is 10.2 Å². The summed E-state index contributed by atoms with van der Waals surface area (Å²) in [6.45, 7) is 0. The van der Waals surface area contributed by atoms with Crippen molar-refractivity contribution in [3.8, 4) is 11.5 Å². The van der Waals surface area contributed by atoms with E-state index in [1.54, 1.807) is 6.07 Å². The van der Waals surface area contributed by atoms with E-state index < -0.39 is 0 Å². The van der Waals surface area contributed by atoms with Gasteiger partial charge >= 0.3 is 0 Å². The topological polar surface area (TPSA) is 40.5 Å². The molecule has 16 heavy (non-hydrogen) atoms. The first kappa shape index (κ1) is 9.04. The van der Waals surface area contributed by atoms with Crippen LogP contribution in [0.5, 0.6) is 11.5 Å². The van der Waals surface area contributed by atoms with Crippen LogP contribution in [-0.2, 0) is 0 Å². The van der Waals surface area contributed by atoms with Crippen LogP contribution in [0.25, 0.3) is 21.5 Å². The van der Waals surface area contributed by atoms with E-state index >= 15 is 0 Å². The number of hydrogen-bond donors (Lipinski definition) is 2. The van der Waals surface area contributed by atoms with Crippen molar-refractivity contribution in [1.29, 1.82) is 0 Å². The molecule has 2 nitrogen and oxygen atoms in total. The summed E-state index contributed by atoms with van der Waals surface area (Å²) in [5.74, 6) is 0.211. The van der Waals surface area contributed by atoms with Gasteiger partial charge in [0.25, 0.3) is 0 Å². The second-order valence-electron chi connectivity index (χ2n) is 3.73. The summed E-state index contributed by atoms with van der Waals surface area (Å²) in [5, 5.41) is 22.8. The molecule has 3 aromatic carbocycles. The van der Waals surface area contributed by atoms with Gasteiger partial charge in [0, 0.05) is 16.8 Å². The van der Waals surface area contributed by atoms with E-state index in [-0.39, 0.29) is 11.5 Å². The zero-order chi connectivity index (χ0) is 11.1. The molecule has 0 fully saturated rings. The fourth-order valence-electron chi connectivity index (χ4n) is 2.03. The molecule has 1 radical (unpaired) electrons. The van der Waals surface area contributed by atoms with Gasteiger partial charge in [0.2, 0.25) is 0 Å². The Morgan fingerprint density at radius 2 is 1.69 bits per heavy atom. The van der Waals surface area contributed by atoms with E-state index in [1.807, 2.05) is 30.3 Å². The lowest BCUT2D eigenvalue weighted by molar-refractivity contribution is 0.469. The number of phenolic OH excluding ortho intramolecular Hbond substituents is 2. The van der Waals surface area contributed by atoms with Gasteiger partial charge in [-0.1, -0.05) is 30.3 Å². The molecule has 0 unspecified atom stereocenters. The third-order valence-corrected chi connectivity index (χ3v) is 2.79. The molecule has 0 spiro atoms. The summed E-state index contributed by atoms with van der Waals surface area (Å²) in [6.07, 6.45) is 0. The Balaban J connectivity index is 2.64. The molecule has 0 amide bonds. The molecule has 0 saturated carbocycles. The van der Waals surface area contributed by atoms with Gasteiger partial charge in [-0.15, -0.1) is 0 Å². The first-order valence-corrected chi connectivity index (χ1v) is 5.01. The quantitative estimate of drug-likeness (QED) is 0.441. The summed E-state index contributed by atoms with van der Waals surface area (Å²) in [4.78, 5) is 0. The average Bonchev–Trinajstić information content (AvgIpc) is 2.33. The zero-order valence-corrected chi connectivity index (χ0v) is 8.44. The van der Waals surface area contributed by atoms with Crippen molar-refractivity contribution in [2.45, 2.75) is 0 Å². The standard InChI is InChI=1S/C14H9O2/c15-12-7-8-13(16)14-10-4-2-1-3-9(10)5-6-11(12)14/h1-6,8,15-16H. The molecule has 2 heteroatoms. The Hall–Kier alpha value is -2.22. The molecule has 0 aliphatic carbocycles. The van der Waals surface area contributed by atoms with Gasteiger partial charge in [0.05, 0.1) is 0 Å². The summed E-state index contributed by atoms with van der Waals surface area (Å²) in [6, 6.07) is 15.5. The first-order valence-electron chi connectivity index (χ1n) is 5.01. The zero-order valence-electron chi connectivity index (χ0n) is 8.44. The smallest absolute Gasteiger partial charge is 0.131 e. The van der Waals surface area contributed by atoms with Crippen molar-refractivity contribution in [3.05, 3.63) is 48.5 Å². The minimum atomic E-state index is 0.0681. The molecule has 0 bridgehead atoms. The lowest BCUT2D eigenvalue weighted by atomic mass is 10.0. The second-order valence-corrected chi connectivity index (χ2v) is 3.73. The molecule has 0 heterocycles. The lowest BCUT2D eigenvalue weighted by Crippen LogP contribution is -1.79. The van der Waals surface area contributed by atoms with E-state index in [4.69, 9.17) is 0 Å². The molecular formula is C14H9O2. The van der Waals surface area contributed by atoms with Crippen molar-refractivity contribution in [2.24, 2.45) is 0 Å². The highest BCUT2D eigenvalue weighted by Crippen LogP contribution is 2.36. The normalized spacial score (nSPS) is 11.0. The lowest BCUT2D eigenvalue weighted by Gasteiger charge is -2.06. The van der Waals surface area contributed by atoms with Gasteiger partial charge < -0.3 is 10.2 Å². The van der Waals surface area contributed by atoms with E-state index in [1.165, 1.54) is 6.07 Å². The minimum Gasteiger partial charge on any atom is -0.507 e. The fourth-order valence-corrected chi connectivity index (χ4v) is 2.03.